The molecule has 0 amide bonds. The molecule has 4 rings (SSSR count). The van der Waals surface area contributed by atoms with Gasteiger partial charge in [-0.2, -0.15) is 0 Å². The minimum absolute atomic E-state index is 0.368. The Balaban J connectivity index is 1.50. The molecule has 1 unspecified atom stereocenters. The third-order valence-electron chi connectivity index (χ3n) is 6.87. The van der Waals surface area contributed by atoms with Crippen LogP contribution in [0, 0.1) is 29.4 Å². The second-order valence-corrected chi connectivity index (χ2v) is 8.28. The van der Waals surface area contributed by atoms with E-state index >= 15 is 0 Å². The van der Waals surface area contributed by atoms with Crippen molar-refractivity contribution in [2.24, 2.45) is 17.8 Å². The van der Waals surface area contributed by atoms with Gasteiger partial charge >= 0.3 is 0 Å². The molecule has 0 aliphatic heterocycles. The van der Waals surface area contributed by atoms with E-state index in [2.05, 4.69) is 19.1 Å². The molecule has 2 heteroatoms. The van der Waals surface area contributed by atoms with E-state index < -0.39 is 11.6 Å². The summed E-state index contributed by atoms with van der Waals surface area (Å²) < 4.78 is 27.6. The number of aryl methyl sites for hydroxylation is 1. The Bertz CT molecular complexity index is 772. The van der Waals surface area contributed by atoms with Crippen LogP contribution in [0.3, 0.4) is 0 Å². The van der Waals surface area contributed by atoms with Crippen molar-refractivity contribution in [1.29, 1.82) is 0 Å². The van der Waals surface area contributed by atoms with Gasteiger partial charge in [0.2, 0.25) is 0 Å². The summed E-state index contributed by atoms with van der Waals surface area (Å²) in [5, 5.41) is 0. The van der Waals surface area contributed by atoms with Crippen LogP contribution in [0.2, 0.25) is 0 Å². The Hall–Kier alpha value is -1.70. The van der Waals surface area contributed by atoms with Crippen LogP contribution < -0.4 is 0 Å². The van der Waals surface area contributed by atoms with Crippen molar-refractivity contribution >= 4 is 0 Å². The third-order valence-corrected chi connectivity index (χ3v) is 6.87. The maximum absolute atomic E-state index is 14.1. The summed E-state index contributed by atoms with van der Waals surface area (Å²) in [5.41, 5.74) is 3.90. The molecule has 0 aromatic heterocycles. The molecule has 138 valence electrons. The van der Waals surface area contributed by atoms with Crippen molar-refractivity contribution in [1.82, 2.24) is 0 Å². The van der Waals surface area contributed by atoms with Crippen LogP contribution in [0.4, 0.5) is 8.78 Å². The maximum atomic E-state index is 14.1. The first-order valence-electron chi connectivity index (χ1n) is 10.2. The molecule has 0 N–H and O–H groups in total. The number of rotatable bonds is 3. The molecule has 2 aromatic carbocycles. The van der Waals surface area contributed by atoms with E-state index in [4.69, 9.17) is 0 Å². The second-order valence-electron chi connectivity index (χ2n) is 8.28. The Morgan fingerprint density at radius 1 is 0.885 bits per heavy atom. The van der Waals surface area contributed by atoms with Crippen LogP contribution >= 0.6 is 0 Å². The summed E-state index contributed by atoms with van der Waals surface area (Å²) in [7, 11) is 0. The van der Waals surface area contributed by atoms with Crippen LogP contribution in [0.25, 0.3) is 11.1 Å². The lowest BCUT2D eigenvalue weighted by molar-refractivity contribution is 0.187. The van der Waals surface area contributed by atoms with Gasteiger partial charge in [0, 0.05) is 5.56 Å². The van der Waals surface area contributed by atoms with Gasteiger partial charge in [0.15, 0.2) is 11.6 Å². The molecule has 26 heavy (non-hydrogen) atoms. The van der Waals surface area contributed by atoms with E-state index in [9.17, 15) is 8.78 Å². The van der Waals surface area contributed by atoms with Crippen molar-refractivity contribution in [2.75, 3.05) is 0 Å². The average molecular weight is 354 g/mol. The lowest BCUT2D eigenvalue weighted by atomic mass is 9.69. The highest BCUT2D eigenvalue weighted by atomic mass is 19.2. The minimum atomic E-state index is -0.775. The molecule has 2 aromatic rings. The number of hydrogen-bond acceptors (Lipinski definition) is 0. The zero-order chi connectivity index (χ0) is 18.1. The fourth-order valence-corrected chi connectivity index (χ4v) is 5.15. The Morgan fingerprint density at radius 2 is 1.69 bits per heavy atom. The average Bonchev–Trinajstić information content (AvgIpc) is 2.69. The molecular weight excluding hydrogens is 326 g/mol. The highest BCUT2D eigenvalue weighted by Crippen LogP contribution is 2.41. The van der Waals surface area contributed by atoms with Gasteiger partial charge in [0.25, 0.3) is 0 Å². The quantitative estimate of drug-likeness (QED) is 0.559. The predicted molar refractivity (Wildman–Crippen MR) is 103 cm³/mol. The summed E-state index contributed by atoms with van der Waals surface area (Å²) >= 11 is 0. The lowest BCUT2D eigenvalue weighted by Gasteiger charge is -2.36. The van der Waals surface area contributed by atoms with E-state index in [0.29, 0.717) is 5.56 Å². The highest BCUT2D eigenvalue weighted by Gasteiger charge is 2.29. The standard InChI is InChI=1S/C24H28F2/c1-2-16-6-8-17(9-7-16)18-10-11-20-15-21(13-12-19(20)14-18)22-4-3-5-23(25)24(22)26/h3-5,12-13,15-18H,2,6-11,14H2,1H3. The zero-order valence-corrected chi connectivity index (χ0v) is 15.6. The minimum Gasteiger partial charge on any atom is -0.204 e. The molecule has 1 fully saturated rings. The van der Waals surface area contributed by atoms with Crippen LogP contribution in [0.15, 0.2) is 36.4 Å². The topological polar surface area (TPSA) is 0 Å². The number of benzene rings is 2. The number of hydrogen-bond donors (Lipinski definition) is 0. The van der Waals surface area contributed by atoms with E-state index in [1.165, 1.54) is 55.7 Å². The summed E-state index contributed by atoms with van der Waals surface area (Å²) in [6.45, 7) is 2.32. The van der Waals surface area contributed by atoms with Gasteiger partial charge in [-0.3, -0.25) is 0 Å². The molecule has 0 spiro atoms. The van der Waals surface area contributed by atoms with Crippen LogP contribution in [0.1, 0.15) is 56.6 Å². The normalized spacial score (nSPS) is 25.7. The largest absolute Gasteiger partial charge is 0.204 e. The van der Waals surface area contributed by atoms with Gasteiger partial charge in [-0.1, -0.05) is 56.5 Å². The summed E-state index contributed by atoms with van der Waals surface area (Å²) in [5.74, 6) is 1.12. The van der Waals surface area contributed by atoms with Crippen LogP contribution in [0.5, 0.6) is 0 Å². The summed E-state index contributed by atoms with van der Waals surface area (Å²) in [6, 6.07) is 10.6. The van der Waals surface area contributed by atoms with Gasteiger partial charge in [0.05, 0.1) is 0 Å². The van der Waals surface area contributed by atoms with E-state index in [1.807, 2.05) is 6.07 Å². The van der Waals surface area contributed by atoms with Gasteiger partial charge in [-0.25, -0.2) is 8.78 Å². The molecule has 1 atom stereocenters. The van der Waals surface area contributed by atoms with Crippen LogP contribution in [-0.4, -0.2) is 0 Å². The molecule has 0 radical (unpaired) electrons. The molecule has 2 aliphatic rings. The van der Waals surface area contributed by atoms with Crippen molar-refractivity contribution in [3.63, 3.8) is 0 Å². The molecular formula is C24H28F2. The Labute approximate surface area is 155 Å². The van der Waals surface area contributed by atoms with E-state index in [0.717, 1.165) is 36.2 Å². The second kappa shape index (κ2) is 7.50. The first-order valence-corrected chi connectivity index (χ1v) is 10.2. The fourth-order valence-electron chi connectivity index (χ4n) is 5.15. The first-order chi connectivity index (χ1) is 12.7. The smallest absolute Gasteiger partial charge is 0.166 e. The highest BCUT2D eigenvalue weighted by molar-refractivity contribution is 5.66. The molecule has 0 saturated heterocycles. The van der Waals surface area contributed by atoms with Gasteiger partial charge < -0.3 is 0 Å². The molecule has 0 bridgehead atoms. The van der Waals surface area contributed by atoms with Gasteiger partial charge in [-0.15, -0.1) is 0 Å². The van der Waals surface area contributed by atoms with E-state index in [1.54, 1.807) is 12.1 Å². The Kier molecular flexibility index (Phi) is 5.11. The third kappa shape index (κ3) is 3.43. The van der Waals surface area contributed by atoms with Crippen molar-refractivity contribution < 1.29 is 8.78 Å². The monoisotopic (exact) mass is 354 g/mol. The van der Waals surface area contributed by atoms with Crippen molar-refractivity contribution in [3.05, 3.63) is 59.2 Å². The summed E-state index contributed by atoms with van der Waals surface area (Å²) in [4.78, 5) is 0. The van der Waals surface area contributed by atoms with E-state index in [-0.39, 0.29) is 0 Å². The predicted octanol–water partition coefficient (Wildman–Crippen LogP) is 6.95. The fraction of sp³-hybridized carbons (Fsp3) is 0.500. The number of halogens is 2. The van der Waals surface area contributed by atoms with Crippen LogP contribution in [-0.2, 0) is 12.8 Å². The van der Waals surface area contributed by atoms with Crippen molar-refractivity contribution in [3.8, 4) is 11.1 Å². The Morgan fingerprint density at radius 3 is 2.46 bits per heavy atom. The molecule has 0 nitrogen and oxygen atoms in total. The SMILES string of the molecule is CCC1CCC(C2CCc3cc(-c4cccc(F)c4F)ccc3C2)CC1. The van der Waals surface area contributed by atoms with Gasteiger partial charge in [0.1, 0.15) is 0 Å². The van der Waals surface area contributed by atoms with Crippen molar-refractivity contribution in [2.45, 2.75) is 58.3 Å². The zero-order valence-electron chi connectivity index (χ0n) is 15.6. The summed E-state index contributed by atoms with van der Waals surface area (Å²) in [6.07, 6.45) is 10.4. The molecule has 2 aliphatic carbocycles. The van der Waals surface area contributed by atoms with Gasteiger partial charge in [-0.05, 0) is 72.6 Å². The molecule has 1 saturated carbocycles. The number of fused-ring (bicyclic) bond motifs is 1. The maximum Gasteiger partial charge on any atom is 0.166 e. The molecule has 0 heterocycles. The lowest BCUT2D eigenvalue weighted by Crippen LogP contribution is -2.26. The first kappa shape index (κ1) is 17.7.